The van der Waals surface area contributed by atoms with Gasteiger partial charge >= 0.3 is 11.9 Å². The molecule has 8 heteroatoms. The van der Waals surface area contributed by atoms with Crippen molar-refractivity contribution < 1.29 is 29.1 Å². The molecule has 0 aromatic heterocycles. The number of nitrogens with zero attached hydrogens (tertiary/aromatic N) is 2. The van der Waals surface area contributed by atoms with Crippen LogP contribution in [0.25, 0.3) is 0 Å². The summed E-state index contributed by atoms with van der Waals surface area (Å²) in [7, 11) is 0. The van der Waals surface area contributed by atoms with Gasteiger partial charge in [-0.05, 0) is 92.9 Å². The second-order valence-corrected chi connectivity index (χ2v) is 20.6. The van der Waals surface area contributed by atoms with Gasteiger partial charge < -0.3 is 19.6 Å². The Bertz CT molecular complexity index is 1600. The molecule has 0 radical (unpaired) electrons. The Balaban J connectivity index is 2.23. The highest BCUT2D eigenvalue weighted by Crippen LogP contribution is 2.45. The van der Waals surface area contributed by atoms with Gasteiger partial charge in [-0.25, -0.2) is 4.79 Å². The van der Waals surface area contributed by atoms with Gasteiger partial charge in [0, 0.05) is 47.3 Å². The number of aromatic hydroxyl groups is 1. The van der Waals surface area contributed by atoms with Gasteiger partial charge in [0.1, 0.15) is 11.5 Å². The predicted octanol–water partition coefficient (Wildman–Crippen LogP) is 10.5. The molecule has 1 N–H and O–H groups in total. The Kier molecular flexibility index (Phi) is 12.5. The average Bonchev–Trinajstić information content (AvgIpc) is 2.96. The number of piperidine rings is 1. The standard InChI is InChI=1S/C45H70N2O6/c1-19-20-21-46(31-26-44(15,16)47(53-28(2)48)45(17,18)27-31)38(50)29-22-34(42(9,10)11)37(35(23-29)43(12,13)14)52-39(51)30-24-32(40(3,4)5)36(49)33(25-30)41(6,7)8/h22-25,31,49H,19-21,26-27H2,1-18H3. The van der Waals surface area contributed by atoms with E-state index in [9.17, 15) is 19.5 Å². The van der Waals surface area contributed by atoms with Gasteiger partial charge in [-0.15, -0.1) is 5.06 Å². The van der Waals surface area contributed by atoms with Crippen LogP contribution in [-0.4, -0.2) is 56.6 Å². The number of amides is 1. The predicted molar refractivity (Wildman–Crippen MR) is 215 cm³/mol. The zero-order valence-corrected chi connectivity index (χ0v) is 36.3. The second kappa shape index (κ2) is 15.0. The number of hydroxylamine groups is 2. The summed E-state index contributed by atoms with van der Waals surface area (Å²) in [5, 5.41) is 13.1. The number of hydrogen-bond acceptors (Lipinski definition) is 7. The largest absolute Gasteiger partial charge is 0.507 e. The number of ether oxygens (including phenoxy) is 1. The lowest BCUT2D eigenvalue weighted by atomic mass is 9.77. The first-order valence-corrected chi connectivity index (χ1v) is 19.4. The molecule has 1 aliphatic heterocycles. The molecule has 1 heterocycles. The van der Waals surface area contributed by atoms with Gasteiger partial charge in [-0.1, -0.05) is 96.4 Å². The summed E-state index contributed by atoms with van der Waals surface area (Å²) in [5.41, 5.74) is 1.01. The van der Waals surface area contributed by atoms with Crippen molar-refractivity contribution in [1.29, 1.82) is 0 Å². The molecule has 0 aliphatic carbocycles. The van der Waals surface area contributed by atoms with Gasteiger partial charge in [0.2, 0.25) is 0 Å². The van der Waals surface area contributed by atoms with Crippen LogP contribution in [0.5, 0.6) is 11.5 Å². The number of unbranched alkanes of at least 4 members (excludes halogenated alkanes) is 1. The number of phenolic OH excluding ortho intramolecular Hbond substituents is 1. The van der Waals surface area contributed by atoms with Gasteiger partial charge in [0.15, 0.2) is 0 Å². The molecule has 0 bridgehead atoms. The third-order valence-electron chi connectivity index (χ3n) is 10.4. The van der Waals surface area contributed by atoms with Crippen molar-refractivity contribution in [3.63, 3.8) is 0 Å². The van der Waals surface area contributed by atoms with Crippen LogP contribution < -0.4 is 4.74 Å². The number of carbonyl (C=O) groups excluding carboxylic acids is 3. The van der Waals surface area contributed by atoms with Crippen LogP contribution in [-0.2, 0) is 31.3 Å². The molecule has 296 valence electrons. The Morgan fingerprint density at radius 1 is 0.736 bits per heavy atom. The molecule has 2 aromatic rings. The van der Waals surface area contributed by atoms with E-state index in [1.54, 1.807) is 12.1 Å². The molecule has 1 aliphatic rings. The van der Waals surface area contributed by atoms with Crippen molar-refractivity contribution in [2.45, 2.75) is 189 Å². The summed E-state index contributed by atoms with van der Waals surface area (Å²) in [5.74, 6) is -0.265. The fraction of sp³-hybridized carbons (Fsp3) is 0.667. The van der Waals surface area contributed by atoms with Crippen molar-refractivity contribution >= 4 is 17.8 Å². The molecule has 8 nitrogen and oxygen atoms in total. The van der Waals surface area contributed by atoms with E-state index in [-0.39, 0.29) is 23.7 Å². The molecule has 0 spiro atoms. The second-order valence-electron chi connectivity index (χ2n) is 20.6. The van der Waals surface area contributed by atoms with Crippen molar-refractivity contribution in [3.8, 4) is 11.5 Å². The van der Waals surface area contributed by atoms with E-state index in [1.165, 1.54) is 6.92 Å². The lowest BCUT2D eigenvalue weighted by molar-refractivity contribution is -0.269. The summed E-state index contributed by atoms with van der Waals surface area (Å²) in [6.07, 6.45) is 3.05. The minimum atomic E-state index is -0.512. The van der Waals surface area contributed by atoms with Crippen molar-refractivity contribution in [2.24, 2.45) is 0 Å². The van der Waals surface area contributed by atoms with Crippen LogP contribution in [0, 0.1) is 0 Å². The molecule has 0 unspecified atom stereocenters. The van der Waals surface area contributed by atoms with Gasteiger partial charge in [0.25, 0.3) is 5.91 Å². The topological polar surface area (TPSA) is 96.4 Å². The number of phenols is 1. The third-order valence-corrected chi connectivity index (χ3v) is 10.4. The maximum Gasteiger partial charge on any atom is 0.343 e. The lowest BCUT2D eigenvalue weighted by Gasteiger charge is -2.54. The van der Waals surface area contributed by atoms with E-state index in [1.807, 2.05) is 63.6 Å². The first-order chi connectivity index (χ1) is 23.8. The lowest BCUT2D eigenvalue weighted by Crippen LogP contribution is -2.65. The van der Waals surface area contributed by atoms with Crippen LogP contribution in [0.3, 0.4) is 0 Å². The van der Waals surface area contributed by atoms with E-state index in [4.69, 9.17) is 9.57 Å². The summed E-state index contributed by atoms with van der Waals surface area (Å²) >= 11 is 0. The molecular formula is C45H70N2O6. The van der Waals surface area contributed by atoms with E-state index in [0.29, 0.717) is 47.4 Å². The Morgan fingerprint density at radius 2 is 1.13 bits per heavy atom. The first-order valence-electron chi connectivity index (χ1n) is 19.4. The fourth-order valence-electron chi connectivity index (χ4n) is 7.77. The van der Waals surface area contributed by atoms with E-state index in [0.717, 1.165) is 24.0 Å². The molecular weight excluding hydrogens is 665 g/mol. The number of rotatable bonds is 8. The van der Waals surface area contributed by atoms with E-state index >= 15 is 0 Å². The molecule has 3 rings (SSSR count). The SMILES string of the molecule is CCCCN(C(=O)c1cc(C(C)(C)C)c(OC(=O)c2cc(C(C)(C)C)c(O)c(C(C)(C)C)c2)c(C(C)(C)C)c1)C1CC(C)(C)N(OC(C)=O)C(C)(C)C1. The first kappa shape index (κ1) is 44.0. The normalized spacial score (nSPS) is 17.0. The molecule has 2 aromatic carbocycles. The van der Waals surface area contributed by atoms with Crippen molar-refractivity contribution in [2.75, 3.05) is 6.54 Å². The van der Waals surface area contributed by atoms with Crippen LogP contribution in [0.1, 0.15) is 193 Å². The van der Waals surface area contributed by atoms with Crippen LogP contribution >= 0.6 is 0 Å². The van der Waals surface area contributed by atoms with Crippen molar-refractivity contribution in [3.05, 3.63) is 57.6 Å². The highest BCUT2D eigenvalue weighted by atomic mass is 16.7. The average molecular weight is 735 g/mol. The summed E-state index contributed by atoms with van der Waals surface area (Å²) in [6.45, 7) is 36.9. The highest BCUT2D eigenvalue weighted by molar-refractivity contribution is 5.96. The third kappa shape index (κ3) is 10.0. The summed E-state index contributed by atoms with van der Waals surface area (Å²) < 4.78 is 6.47. The Hall–Kier alpha value is -3.39. The minimum absolute atomic E-state index is 0.0620. The van der Waals surface area contributed by atoms with Crippen molar-refractivity contribution in [1.82, 2.24) is 9.96 Å². The molecule has 53 heavy (non-hydrogen) atoms. The van der Waals surface area contributed by atoms with Crippen LogP contribution in [0.4, 0.5) is 0 Å². The minimum Gasteiger partial charge on any atom is -0.507 e. The van der Waals surface area contributed by atoms with Crippen LogP contribution in [0.15, 0.2) is 24.3 Å². The Morgan fingerprint density at radius 3 is 1.49 bits per heavy atom. The number of benzene rings is 2. The zero-order chi connectivity index (χ0) is 40.9. The van der Waals surface area contributed by atoms with Crippen LogP contribution in [0.2, 0.25) is 0 Å². The summed E-state index contributed by atoms with van der Waals surface area (Å²) in [4.78, 5) is 49.1. The zero-order valence-electron chi connectivity index (χ0n) is 36.3. The molecule has 0 atom stereocenters. The smallest absolute Gasteiger partial charge is 0.343 e. The van der Waals surface area contributed by atoms with Gasteiger partial charge in [0.05, 0.1) is 16.6 Å². The maximum absolute atomic E-state index is 14.9. The quantitative estimate of drug-likeness (QED) is 0.213. The molecule has 1 amide bonds. The van der Waals surface area contributed by atoms with Gasteiger partial charge in [-0.2, -0.15) is 0 Å². The monoisotopic (exact) mass is 735 g/mol. The van der Waals surface area contributed by atoms with E-state index in [2.05, 4.69) is 76.2 Å². The molecule has 1 fully saturated rings. The molecule has 0 saturated carbocycles. The molecule has 1 saturated heterocycles. The maximum atomic E-state index is 14.9. The Labute approximate surface area is 321 Å². The summed E-state index contributed by atoms with van der Waals surface area (Å²) in [6, 6.07) is 7.24. The fourth-order valence-corrected chi connectivity index (χ4v) is 7.77. The number of esters is 1. The van der Waals surface area contributed by atoms with E-state index < -0.39 is 38.7 Å². The highest BCUT2D eigenvalue weighted by Gasteiger charge is 2.50. The number of hydrogen-bond donors (Lipinski definition) is 1. The number of carbonyl (C=O) groups is 3. The van der Waals surface area contributed by atoms with Gasteiger partial charge in [-0.3, -0.25) is 9.59 Å².